The molecular formula is C19H10Cl2F6N4O3. The van der Waals surface area contributed by atoms with E-state index in [9.17, 15) is 41.3 Å². The third kappa shape index (κ3) is 5.59. The van der Waals surface area contributed by atoms with E-state index in [-0.39, 0.29) is 22.2 Å². The molecule has 0 unspecified atom stereocenters. The van der Waals surface area contributed by atoms with Gasteiger partial charge in [-0.1, -0.05) is 29.3 Å². The minimum atomic E-state index is -5.05. The maximum atomic E-state index is 13.2. The number of aromatic nitrogens is 2. The van der Waals surface area contributed by atoms with Crippen LogP contribution in [0.25, 0.3) is 0 Å². The van der Waals surface area contributed by atoms with Gasteiger partial charge in [-0.2, -0.15) is 26.3 Å². The van der Waals surface area contributed by atoms with Gasteiger partial charge in [0.1, 0.15) is 5.69 Å². The number of hydrogen-bond acceptors (Lipinski definition) is 5. The van der Waals surface area contributed by atoms with E-state index in [0.717, 1.165) is 0 Å². The molecule has 0 spiro atoms. The van der Waals surface area contributed by atoms with Gasteiger partial charge < -0.3 is 5.32 Å². The summed E-state index contributed by atoms with van der Waals surface area (Å²) in [7, 11) is 0. The highest BCUT2D eigenvalue weighted by molar-refractivity contribution is 6.42. The smallest absolute Gasteiger partial charge is 0.320 e. The third-order valence-corrected chi connectivity index (χ3v) is 5.13. The number of nitro benzene ring substituents is 1. The van der Waals surface area contributed by atoms with Crippen LogP contribution in [-0.2, 0) is 18.9 Å². The van der Waals surface area contributed by atoms with E-state index >= 15 is 0 Å². The number of nitro groups is 1. The molecule has 2 aromatic carbocycles. The SMILES string of the molecule is O=c1cc(C(F)(F)F)nc(Nc2ccc(C(F)(F)F)cc2[N+](=O)[O-])n1Cc1ccc(Cl)c(Cl)c1. The van der Waals surface area contributed by atoms with Crippen LogP contribution in [0.3, 0.4) is 0 Å². The molecule has 0 saturated heterocycles. The highest BCUT2D eigenvalue weighted by Crippen LogP contribution is 2.36. The van der Waals surface area contributed by atoms with Crippen LogP contribution >= 0.6 is 23.2 Å². The lowest BCUT2D eigenvalue weighted by molar-refractivity contribution is -0.384. The largest absolute Gasteiger partial charge is 0.433 e. The van der Waals surface area contributed by atoms with Gasteiger partial charge in [0.15, 0.2) is 5.69 Å². The van der Waals surface area contributed by atoms with Crippen molar-refractivity contribution in [3.05, 3.63) is 89.8 Å². The van der Waals surface area contributed by atoms with Crippen molar-refractivity contribution < 1.29 is 31.3 Å². The summed E-state index contributed by atoms with van der Waals surface area (Å²) in [5.74, 6) is -0.797. The quantitative estimate of drug-likeness (QED) is 0.240. The zero-order chi connectivity index (χ0) is 25.4. The second-order valence-electron chi connectivity index (χ2n) is 6.75. The zero-order valence-corrected chi connectivity index (χ0v) is 17.9. The van der Waals surface area contributed by atoms with Crippen LogP contribution in [0.4, 0.5) is 43.7 Å². The van der Waals surface area contributed by atoms with E-state index in [4.69, 9.17) is 23.2 Å². The molecular weight excluding hydrogens is 517 g/mol. The van der Waals surface area contributed by atoms with Gasteiger partial charge >= 0.3 is 12.4 Å². The van der Waals surface area contributed by atoms with Crippen LogP contribution in [0, 0.1) is 10.1 Å². The van der Waals surface area contributed by atoms with Crippen molar-refractivity contribution in [2.24, 2.45) is 0 Å². The van der Waals surface area contributed by atoms with Crippen LogP contribution < -0.4 is 10.9 Å². The normalized spacial score (nSPS) is 12.0. The predicted molar refractivity (Wildman–Crippen MR) is 110 cm³/mol. The molecule has 0 aliphatic carbocycles. The van der Waals surface area contributed by atoms with Crippen LogP contribution in [0.15, 0.2) is 47.3 Å². The molecule has 0 bridgehead atoms. The standard InChI is InChI=1S/C19H10Cl2F6N4O3/c20-11-3-1-9(5-12(11)21)8-30-16(32)7-15(19(25,26)27)29-17(30)28-13-4-2-10(18(22,23)24)6-14(13)31(33)34/h1-7H,8H2,(H,28,29). The van der Waals surface area contributed by atoms with Gasteiger partial charge in [0, 0.05) is 12.1 Å². The van der Waals surface area contributed by atoms with Crippen molar-refractivity contribution in [3.8, 4) is 0 Å². The number of nitrogens with zero attached hydrogens (tertiary/aromatic N) is 3. The number of benzene rings is 2. The molecule has 0 amide bonds. The lowest BCUT2D eigenvalue weighted by Crippen LogP contribution is -2.27. The summed E-state index contributed by atoms with van der Waals surface area (Å²) < 4.78 is 79.2. The molecule has 34 heavy (non-hydrogen) atoms. The van der Waals surface area contributed by atoms with Crippen molar-refractivity contribution >= 4 is 40.5 Å². The highest BCUT2D eigenvalue weighted by atomic mass is 35.5. The minimum Gasteiger partial charge on any atom is -0.320 e. The van der Waals surface area contributed by atoms with Crippen LogP contribution in [-0.4, -0.2) is 14.5 Å². The van der Waals surface area contributed by atoms with E-state index in [2.05, 4.69) is 10.3 Å². The maximum Gasteiger partial charge on any atom is 0.433 e. The second-order valence-corrected chi connectivity index (χ2v) is 7.56. The zero-order valence-electron chi connectivity index (χ0n) is 16.3. The Hall–Kier alpha value is -3.32. The Morgan fingerprint density at radius 3 is 2.21 bits per heavy atom. The molecule has 3 rings (SSSR count). The van der Waals surface area contributed by atoms with Gasteiger partial charge in [-0.25, -0.2) is 4.98 Å². The Morgan fingerprint density at radius 2 is 1.65 bits per heavy atom. The summed E-state index contributed by atoms with van der Waals surface area (Å²) in [5, 5.41) is 13.8. The molecule has 1 N–H and O–H groups in total. The van der Waals surface area contributed by atoms with Gasteiger partial charge in [-0.05, 0) is 29.8 Å². The Bertz CT molecular complexity index is 1320. The summed E-state index contributed by atoms with van der Waals surface area (Å²) >= 11 is 11.7. The third-order valence-electron chi connectivity index (χ3n) is 4.39. The minimum absolute atomic E-state index is 0.0833. The average molecular weight is 527 g/mol. The van der Waals surface area contributed by atoms with Gasteiger partial charge in [0.25, 0.3) is 11.2 Å². The van der Waals surface area contributed by atoms with Crippen molar-refractivity contribution in [2.75, 3.05) is 5.32 Å². The lowest BCUT2D eigenvalue weighted by atomic mass is 10.1. The summed E-state index contributed by atoms with van der Waals surface area (Å²) in [6.45, 7) is -0.391. The molecule has 1 heterocycles. The van der Waals surface area contributed by atoms with E-state index in [1.807, 2.05) is 0 Å². The number of anilines is 2. The van der Waals surface area contributed by atoms with Crippen LogP contribution in [0.1, 0.15) is 16.8 Å². The highest BCUT2D eigenvalue weighted by Gasteiger charge is 2.35. The number of alkyl halides is 6. The summed E-state index contributed by atoms with van der Waals surface area (Å²) in [6.07, 6.45) is -9.96. The van der Waals surface area contributed by atoms with Gasteiger partial charge in [0.05, 0.1) is 27.1 Å². The number of rotatable bonds is 5. The molecule has 7 nitrogen and oxygen atoms in total. The molecule has 0 aliphatic heterocycles. The fraction of sp³-hybridized carbons (Fsp3) is 0.158. The Morgan fingerprint density at radius 1 is 0.971 bits per heavy atom. The first-order chi connectivity index (χ1) is 15.7. The first kappa shape index (κ1) is 25.3. The molecule has 0 atom stereocenters. The summed E-state index contributed by atoms with van der Waals surface area (Å²) in [6, 6.07) is 5.68. The van der Waals surface area contributed by atoms with E-state index < -0.39 is 58.0 Å². The predicted octanol–water partition coefficient (Wildman–Crippen LogP) is 6.29. The maximum absolute atomic E-state index is 13.2. The van der Waals surface area contributed by atoms with Crippen LogP contribution in [0.2, 0.25) is 10.0 Å². The van der Waals surface area contributed by atoms with Crippen molar-refractivity contribution in [3.63, 3.8) is 0 Å². The summed E-state index contributed by atoms with van der Waals surface area (Å²) in [4.78, 5) is 26.0. The van der Waals surface area contributed by atoms with Gasteiger partial charge in [0.2, 0.25) is 5.95 Å². The molecule has 0 saturated carbocycles. The lowest BCUT2D eigenvalue weighted by Gasteiger charge is -2.17. The van der Waals surface area contributed by atoms with Gasteiger partial charge in [-0.3, -0.25) is 19.5 Å². The fourth-order valence-electron chi connectivity index (χ4n) is 2.81. The van der Waals surface area contributed by atoms with Gasteiger partial charge in [-0.15, -0.1) is 0 Å². The Kier molecular flexibility index (Phi) is 6.80. The summed E-state index contributed by atoms with van der Waals surface area (Å²) in [5.41, 5.74) is -5.56. The second kappa shape index (κ2) is 9.14. The number of hydrogen-bond donors (Lipinski definition) is 1. The van der Waals surface area contributed by atoms with Crippen LogP contribution in [0.5, 0.6) is 0 Å². The molecule has 180 valence electrons. The molecule has 0 fully saturated rings. The Labute approximate surface area is 195 Å². The molecule has 0 radical (unpaired) electrons. The van der Waals surface area contributed by atoms with E-state index in [1.54, 1.807) is 0 Å². The van der Waals surface area contributed by atoms with Crippen molar-refractivity contribution in [1.82, 2.24) is 9.55 Å². The molecule has 3 aromatic rings. The average Bonchev–Trinajstić information content (AvgIpc) is 2.71. The van der Waals surface area contributed by atoms with Crippen molar-refractivity contribution in [2.45, 2.75) is 18.9 Å². The molecule has 1 aromatic heterocycles. The molecule has 15 heteroatoms. The van der Waals surface area contributed by atoms with Crippen molar-refractivity contribution in [1.29, 1.82) is 0 Å². The van der Waals surface area contributed by atoms with E-state index in [1.165, 1.54) is 18.2 Å². The monoisotopic (exact) mass is 526 g/mol. The van der Waals surface area contributed by atoms with E-state index in [0.29, 0.717) is 22.3 Å². The number of nitrogens with one attached hydrogen (secondary N) is 1. The fourth-order valence-corrected chi connectivity index (χ4v) is 3.13. The topological polar surface area (TPSA) is 90.1 Å². The first-order valence-electron chi connectivity index (χ1n) is 8.92. The Balaban J connectivity index is 2.16. The first-order valence-corrected chi connectivity index (χ1v) is 9.68. The number of halogens is 8. The molecule has 0 aliphatic rings.